The molecule has 4 rings (SSSR count). The van der Waals surface area contributed by atoms with Gasteiger partial charge in [-0.1, -0.05) is 38.1 Å². The van der Waals surface area contributed by atoms with Gasteiger partial charge in [0.1, 0.15) is 17.2 Å². The van der Waals surface area contributed by atoms with Gasteiger partial charge in [0, 0.05) is 42.2 Å². The summed E-state index contributed by atoms with van der Waals surface area (Å²) in [5.41, 5.74) is 9.35. The second-order valence-electron chi connectivity index (χ2n) is 10.5. The first-order chi connectivity index (χ1) is 18.5. The van der Waals surface area contributed by atoms with Crippen molar-refractivity contribution in [2.24, 2.45) is 23.2 Å². The summed E-state index contributed by atoms with van der Waals surface area (Å²) < 4.78 is 15.2. The van der Waals surface area contributed by atoms with E-state index in [1.54, 1.807) is 78.2 Å². The first-order valence-electron chi connectivity index (χ1n) is 12.7. The van der Waals surface area contributed by atoms with E-state index in [-0.39, 0.29) is 30.5 Å². The topological polar surface area (TPSA) is 113 Å². The molecule has 1 aliphatic rings. The van der Waals surface area contributed by atoms with Crippen LogP contribution in [-0.4, -0.2) is 45.2 Å². The summed E-state index contributed by atoms with van der Waals surface area (Å²) in [5.74, 6) is -1.05. The predicted molar refractivity (Wildman–Crippen MR) is 150 cm³/mol. The quantitative estimate of drug-likeness (QED) is 0.414. The number of aliphatic hydroxyl groups excluding tert-OH is 1. The number of halogens is 1. The smallest absolute Gasteiger partial charge is 0.271 e. The van der Waals surface area contributed by atoms with Crippen LogP contribution in [0, 0.1) is 11.2 Å². The lowest BCUT2D eigenvalue weighted by atomic mass is 9.78. The Kier molecular flexibility index (Phi) is 8.01. The molecule has 204 valence electrons. The highest BCUT2D eigenvalue weighted by atomic mass is 19.1. The molecule has 1 aromatic heterocycles. The summed E-state index contributed by atoms with van der Waals surface area (Å²) in [4.78, 5) is 33.3. The number of carbonyl (C=O) groups excluding carboxylic acids is 2. The fourth-order valence-electron chi connectivity index (χ4n) is 4.77. The van der Waals surface area contributed by atoms with E-state index in [1.807, 2.05) is 13.8 Å². The second kappa shape index (κ2) is 11.2. The number of benzene rings is 2. The Hall–Kier alpha value is -4.24. The van der Waals surface area contributed by atoms with Gasteiger partial charge in [-0.15, -0.1) is 0 Å². The van der Waals surface area contributed by atoms with E-state index in [1.165, 1.54) is 12.1 Å². The Balaban J connectivity index is 1.72. The van der Waals surface area contributed by atoms with E-state index >= 15 is 0 Å². The molecule has 0 aliphatic carbocycles. The molecule has 2 aromatic carbocycles. The number of carbonyl (C=O) groups is 2. The first kappa shape index (κ1) is 27.8. The van der Waals surface area contributed by atoms with Gasteiger partial charge in [-0.2, -0.15) is 0 Å². The number of aryl methyl sites for hydroxylation is 1. The van der Waals surface area contributed by atoms with Gasteiger partial charge >= 0.3 is 0 Å². The molecule has 2 heterocycles. The third kappa shape index (κ3) is 6.26. The summed E-state index contributed by atoms with van der Waals surface area (Å²) in [6, 6.07) is 16.5. The number of nitrogens with one attached hydrogen (secondary N) is 1. The van der Waals surface area contributed by atoms with E-state index in [4.69, 9.17) is 10.7 Å². The maximum Gasteiger partial charge on any atom is 0.271 e. The van der Waals surface area contributed by atoms with Gasteiger partial charge in [0.25, 0.3) is 11.8 Å². The predicted octanol–water partition coefficient (Wildman–Crippen LogP) is 4.19. The molecule has 3 aromatic rings. The van der Waals surface area contributed by atoms with Crippen molar-refractivity contribution in [2.75, 3.05) is 18.4 Å². The number of nitrogens with zero attached hydrogens (tertiary/aromatic N) is 3. The molecule has 1 unspecified atom stereocenters. The zero-order chi connectivity index (χ0) is 28.3. The lowest BCUT2D eigenvalue weighted by Crippen LogP contribution is -2.51. The van der Waals surface area contributed by atoms with Gasteiger partial charge in [-0.3, -0.25) is 14.6 Å². The number of anilines is 1. The number of amides is 2. The maximum atomic E-state index is 13.5. The van der Waals surface area contributed by atoms with Crippen LogP contribution in [0.3, 0.4) is 0 Å². The molecule has 9 heteroatoms. The number of piperidine rings is 1. The lowest BCUT2D eigenvalue weighted by Gasteiger charge is -2.41. The summed E-state index contributed by atoms with van der Waals surface area (Å²) in [6.07, 6.45) is 1.11. The standard InChI is InChI=1S/C30H34FN5O3/c1-19(37)21-7-5-8-23(15-21)34-28(38)26(32)24-17-36(29(39)25-9-6-14-35(25)4)18-30(2,3)27(24)33-16-20-10-12-22(31)13-11-20/h5-15,19,37H,16-18,32H2,1-4H3,(H,34,38). The third-order valence-corrected chi connectivity index (χ3v) is 6.84. The number of rotatable bonds is 6. The molecule has 8 nitrogen and oxygen atoms in total. The van der Waals surface area contributed by atoms with Crippen LogP contribution in [0.25, 0.3) is 0 Å². The number of hydrogen-bond acceptors (Lipinski definition) is 5. The van der Waals surface area contributed by atoms with Gasteiger partial charge < -0.3 is 25.6 Å². The monoisotopic (exact) mass is 531 g/mol. The van der Waals surface area contributed by atoms with Gasteiger partial charge in [-0.05, 0) is 54.4 Å². The van der Waals surface area contributed by atoms with E-state index in [2.05, 4.69) is 5.32 Å². The summed E-state index contributed by atoms with van der Waals surface area (Å²) in [6.45, 7) is 6.29. The van der Waals surface area contributed by atoms with Crippen molar-refractivity contribution in [1.29, 1.82) is 0 Å². The average Bonchev–Trinajstić information content (AvgIpc) is 3.33. The van der Waals surface area contributed by atoms with Gasteiger partial charge in [0.05, 0.1) is 19.2 Å². The van der Waals surface area contributed by atoms with E-state index in [0.29, 0.717) is 34.8 Å². The second-order valence-corrected chi connectivity index (χ2v) is 10.5. The largest absolute Gasteiger partial charge is 0.394 e. The molecule has 0 saturated carbocycles. The Morgan fingerprint density at radius 3 is 2.51 bits per heavy atom. The molecule has 39 heavy (non-hydrogen) atoms. The summed E-state index contributed by atoms with van der Waals surface area (Å²) in [5, 5.41) is 12.7. The normalized spacial score (nSPS) is 18.1. The van der Waals surface area contributed by atoms with E-state index in [9.17, 15) is 19.1 Å². The molecule has 4 N–H and O–H groups in total. The molecular formula is C30H34FN5O3. The van der Waals surface area contributed by atoms with Gasteiger partial charge in [-0.25, -0.2) is 4.39 Å². The van der Waals surface area contributed by atoms with Crippen LogP contribution >= 0.6 is 0 Å². The molecule has 0 radical (unpaired) electrons. The Morgan fingerprint density at radius 2 is 1.87 bits per heavy atom. The van der Waals surface area contributed by atoms with Crippen molar-refractivity contribution >= 4 is 23.2 Å². The number of aliphatic hydroxyl groups is 1. The van der Waals surface area contributed by atoms with Crippen LogP contribution in [0.5, 0.6) is 0 Å². The highest BCUT2D eigenvalue weighted by molar-refractivity contribution is 6.14. The fourth-order valence-corrected chi connectivity index (χ4v) is 4.77. The van der Waals surface area contributed by atoms with Crippen molar-refractivity contribution in [3.05, 3.63) is 101 Å². The maximum absolute atomic E-state index is 13.5. The summed E-state index contributed by atoms with van der Waals surface area (Å²) >= 11 is 0. The molecule has 0 spiro atoms. The molecule has 1 atom stereocenters. The molecular weight excluding hydrogens is 497 g/mol. The van der Waals surface area contributed by atoms with Crippen LogP contribution in [-0.2, 0) is 18.4 Å². The van der Waals surface area contributed by atoms with Gasteiger partial charge in [0.15, 0.2) is 0 Å². The van der Waals surface area contributed by atoms with Crippen LogP contribution in [0.2, 0.25) is 0 Å². The number of aliphatic imine (C=N–C) groups is 1. The Morgan fingerprint density at radius 1 is 1.15 bits per heavy atom. The van der Waals surface area contributed by atoms with Crippen molar-refractivity contribution in [2.45, 2.75) is 33.4 Å². The number of hydrogen-bond donors (Lipinski definition) is 3. The van der Waals surface area contributed by atoms with Crippen LogP contribution in [0.15, 0.2) is 83.1 Å². The van der Waals surface area contributed by atoms with Crippen molar-refractivity contribution in [1.82, 2.24) is 9.47 Å². The third-order valence-electron chi connectivity index (χ3n) is 6.84. The van der Waals surface area contributed by atoms with Crippen LogP contribution in [0.1, 0.15) is 48.5 Å². The summed E-state index contributed by atoms with van der Waals surface area (Å²) in [7, 11) is 1.80. The molecule has 0 bridgehead atoms. The number of nitrogens with two attached hydrogens (primary N) is 1. The highest BCUT2D eigenvalue weighted by Gasteiger charge is 2.40. The lowest BCUT2D eigenvalue weighted by molar-refractivity contribution is -0.113. The Labute approximate surface area is 227 Å². The van der Waals surface area contributed by atoms with Crippen molar-refractivity contribution in [3.63, 3.8) is 0 Å². The van der Waals surface area contributed by atoms with Gasteiger partial charge in [0.2, 0.25) is 0 Å². The van der Waals surface area contributed by atoms with Crippen molar-refractivity contribution in [3.8, 4) is 0 Å². The number of aromatic nitrogens is 1. The molecule has 1 aliphatic heterocycles. The average molecular weight is 532 g/mol. The zero-order valence-corrected chi connectivity index (χ0v) is 22.6. The van der Waals surface area contributed by atoms with Crippen molar-refractivity contribution < 1.29 is 19.1 Å². The number of likely N-dealkylation sites (tertiary alicyclic amines) is 1. The molecule has 1 fully saturated rings. The SMILES string of the molecule is CC(O)c1cccc(NC(=O)C(N)=C2CN(C(=O)c3cccn3C)CC(C)(C)C2=NCc2ccc(F)cc2)c1. The van der Waals surface area contributed by atoms with E-state index < -0.39 is 17.4 Å². The van der Waals surface area contributed by atoms with Crippen LogP contribution < -0.4 is 11.1 Å². The Bertz CT molecular complexity index is 1440. The molecule has 1 saturated heterocycles. The highest BCUT2D eigenvalue weighted by Crippen LogP contribution is 2.32. The fraction of sp³-hybridized carbons (Fsp3) is 0.300. The molecule has 2 amide bonds. The zero-order valence-electron chi connectivity index (χ0n) is 22.6. The first-order valence-corrected chi connectivity index (χ1v) is 12.7. The van der Waals surface area contributed by atoms with Crippen LogP contribution in [0.4, 0.5) is 10.1 Å². The minimum Gasteiger partial charge on any atom is -0.394 e. The minimum atomic E-state index is -0.695. The minimum absolute atomic E-state index is 0.0484. The van der Waals surface area contributed by atoms with E-state index in [0.717, 1.165) is 5.56 Å².